The summed E-state index contributed by atoms with van der Waals surface area (Å²) >= 11 is 0. The molecule has 31 heavy (non-hydrogen) atoms. The van der Waals surface area contributed by atoms with Crippen molar-refractivity contribution < 1.29 is 65.4 Å². The van der Waals surface area contributed by atoms with Crippen LogP contribution in [0.25, 0.3) is 0 Å². The number of nitrogens with zero attached hydrogens (tertiary/aromatic N) is 2. The van der Waals surface area contributed by atoms with Gasteiger partial charge in [0, 0.05) is 38.2 Å². The monoisotopic (exact) mass is 441 g/mol. The van der Waals surface area contributed by atoms with E-state index in [9.17, 15) is 29.8 Å². The zero-order chi connectivity index (χ0) is 22.0. The fourth-order valence-electron chi connectivity index (χ4n) is 1.97. The minimum atomic E-state index is -0.971. The molecule has 0 spiro atoms. The van der Waals surface area contributed by atoms with Gasteiger partial charge in [-0.3, -0.25) is 25.0 Å². The second-order valence-corrected chi connectivity index (χ2v) is 5.40. The number of ether oxygens (including phenoxy) is 1. The molecule has 11 nitrogen and oxygen atoms in total. The Balaban J connectivity index is -0.000000488. The van der Waals surface area contributed by atoms with Crippen molar-refractivity contribution in [1.82, 2.24) is 0 Å². The van der Waals surface area contributed by atoms with Gasteiger partial charge in [0.15, 0.2) is 0 Å². The van der Waals surface area contributed by atoms with Crippen LogP contribution in [0.1, 0.15) is 30.4 Å². The fourth-order valence-corrected chi connectivity index (χ4v) is 1.97. The molecule has 2 N–H and O–H groups in total. The average Bonchev–Trinajstić information content (AvgIpc) is 2.73. The predicted octanol–water partition coefficient (Wildman–Crippen LogP) is -1.30. The summed E-state index contributed by atoms with van der Waals surface area (Å²) < 4.78 is 4.51. The van der Waals surface area contributed by atoms with Gasteiger partial charge in [0.1, 0.15) is 6.10 Å². The van der Waals surface area contributed by atoms with E-state index in [1.165, 1.54) is 36.4 Å². The van der Waals surface area contributed by atoms with E-state index >= 15 is 0 Å². The molecule has 0 saturated carbocycles. The molecular weight excluding hydrogens is 422 g/mol. The van der Waals surface area contributed by atoms with Gasteiger partial charge in [-0.1, -0.05) is 0 Å². The summed E-state index contributed by atoms with van der Waals surface area (Å²) in [4.78, 5) is 41.9. The number of non-ortho nitro benzene ring substituents is 2. The molecule has 0 aromatic heterocycles. The van der Waals surface area contributed by atoms with Crippen LogP contribution >= 0.6 is 0 Å². The minimum absolute atomic E-state index is 0. The smallest absolute Gasteiger partial charge is 1.00 e. The molecule has 2 aromatic carbocycles. The van der Waals surface area contributed by atoms with E-state index in [-0.39, 0.29) is 62.9 Å². The number of benzene rings is 2. The summed E-state index contributed by atoms with van der Waals surface area (Å²) in [7, 11) is 0. The Labute approximate surface area is 202 Å². The molecule has 3 radical (unpaired) electrons. The summed E-state index contributed by atoms with van der Waals surface area (Å²) in [6.07, 6.45) is -0.971. The average molecular weight is 441 g/mol. The molecule has 1 unspecified atom stereocenters. The molecule has 0 amide bonds. The molecule has 1 atom stereocenters. The van der Waals surface area contributed by atoms with Crippen LogP contribution in [0.15, 0.2) is 48.5 Å². The zero-order valence-electron chi connectivity index (χ0n) is 17.8. The molecule has 0 aliphatic rings. The number of Topliss-reactive ketones (excluding diaryl/α,β-unsaturated/α-hetero) is 1. The predicted molar refractivity (Wildman–Crippen MR) is 106 cm³/mol. The van der Waals surface area contributed by atoms with E-state index in [1.54, 1.807) is 6.92 Å². The standard InChI is InChI=1S/C10H9NO5.C8H9NO4.B.Na.H/c1-2-16-10(13)9(12)7-3-5-8(6-4-7)11(14)15;10-5-8(11)6-1-3-7(4-2-6)9(12)13;;;/h3-6H,2H2,1H3;1-4,8,10-11H,5H2;;;/q;;;+1;-1. The molecule has 0 aliphatic carbocycles. The Hall–Kier alpha value is -2.64. The Morgan fingerprint density at radius 2 is 1.42 bits per heavy atom. The maximum absolute atomic E-state index is 11.4. The molecule has 0 bridgehead atoms. The maximum Gasteiger partial charge on any atom is 1.00 e. The summed E-state index contributed by atoms with van der Waals surface area (Å²) in [6, 6.07) is 10.2. The second-order valence-electron chi connectivity index (χ2n) is 5.40. The van der Waals surface area contributed by atoms with Crippen LogP contribution in [0.5, 0.6) is 0 Å². The van der Waals surface area contributed by atoms with E-state index in [2.05, 4.69) is 4.74 Å². The van der Waals surface area contributed by atoms with Crippen LogP contribution in [0.2, 0.25) is 0 Å². The molecule has 0 saturated heterocycles. The molecule has 0 aliphatic heterocycles. The first-order valence-electron chi connectivity index (χ1n) is 8.20. The molecule has 0 fully saturated rings. The number of carbonyl (C=O) groups excluding carboxylic acids is 2. The van der Waals surface area contributed by atoms with Gasteiger partial charge in [-0.05, 0) is 36.8 Å². The van der Waals surface area contributed by atoms with Crippen LogP contribution < -0.4 is 29.6 Å². The summed E-state index contributed by atoms with van der Waals surface area (Å²) in [5.41, 5.74) is 0.367. The Kier molecular flexibility index (Phi) is 15.0. The van der Waals surface area contributed by atoms with Crippen molar-refractivity contribution in [1.29, 1.82) is 0 Å². The Bertz CT molecular complexity index is 883. The maximum atomic E-state index is 11.4. The van der Waals surface area contributed by atoms with Gasteiger partial charge in [-0.2, -0.15) is 0 Å². The van der Waals surface area contributed by atoms with Crippen LogP contribution in [0, 0.1) is 20.2 Å². The van der Waals surface area contributed by atoms with Crippen molar-refractivity contribution in [3.8, 4) is 0 Å². The number of rotatable bonds is 7. The van der Waals surface area contributed by atoms with Crippen molar-refractivity contribution in [3.63, 3.8) is 0 Å². The first-order chi connectivity index (χ1) is 13.7. The van der Waals surface area contributed by atoms with E-state index in [4.69, 9.17) is 10.2 Å². The van der Waals surface area contributed by atoms with E-state index < -0.39 is 34.3 Å². The normalized spacial score (nSPS) is 10.2. The van der Waals surface area contributed by atoms with Gasteiger partial charge in [0.2, 0.25) is 0 Å². The summed E-state index contributed by atoms with van der Waals surface area (Å²) in [5.74, 6) is -1.77. The van der Waals surface area contributed by atoms with Gasteiger partial charge < -0.3 is 16.4 Å². The molecule has 2 rings (SSSR count). The molecule has 13 heteroatoms. The van der Waals surface area contributed by atoms with Gasteiger partial charge in [-0.25, -0.2) is 4.79 Å². The Morgan fingerprint density at radius 3 is 1.77 bits per heavy atom. The number of esters is 1. The number of hydrogen-bond donors (Lipinski definition) is 2. The first-order valence-corrected chi connectivity index (χ1v) is 8.20. The first kappa shape index (κ1) is 30.6. The van der Waals surface area contributed by atoms with Crippen molar-refractivity contribution >= 4 is 31.5 Å². The van der Waals surface area contributed by atoms with E-state index in [1.807, 2.05) is 0 Å². The SMILES string of the molecule is CCOC(=O)C(=O)c1ccc([N+](=O)[O-])cc1.O=[N+]([O-])c1ccc(C(O)CO)cc1.[B].[H-].[Na+]. The number of nitro benzene ring substituents is 2. The van der Waals surface area contributed by atoms with Gasteiger partial charge in [-0.15, -0.1) is 0 Å². The van der Waals surface area contributed by atoms with Gasteiger partial charge in [0.25, 0.3) is 17.2 Å². The third-order valence-corrected chi connectivity index (χ3v) is 3.46. The van der Waals surface area contributed by atoms with Crippen molar-refractivity contribution in [3.05, 3.63) is 79.9 Å². The van der Waals surface area contributed by atoms with E-state index in [0.29, 0.717) is 5.56 Å². The van der Waals surface area contributed by atoms with E-state index in [0.717, 1.165) is 12.1 Å². The third kappa shape index (κ3) is 9.81. The van der Waals surface area contributed by atoms with Crippen LogP contribution in [-0.4, -0.2) is 53.4 Å². The molecule has 159 valence electrons. The topological polar surface area (TPSA) is 170 Å². The summed E-state index contributed by atoms with van der Waals surface area (Å²) in [5, 5.41) is 38.3. The second kappa shape index (κ2) is 15.2. The number of carbonyl (C=O) groups is 2. The fraction of sp³-hybridized carbons (Fsp3) is 0.222. The van der Waals surface area contributed by atoms with Crippen molar-refractivity contribution in [2.45, 2.75) is 13.0 Å². The molecule has 2 aromatic rings. The molecule has 0 heterocycles. The van der Waals surface area contributed by atoms with Crippen LogP contribution in [-0.2, 0) is 9.53 Å². The minimum Gasteiger partial charge on any atom is -1.00 e. The van der Waals surface area contributed by atoms with Crippen LogP contribution in [0.3, 0.4) is 0 Å². The van der Waals surface area contributed by atoms with Crippen LogP contribution in [0.4, 0.5) is 11.4 Å². The summed E-state index contributed by atoms with van der Waals surface area (Å²) in [6.45, 7) is 1.30. The number of aliphatic hydroxyl groups is 2. The quantitative estimate of drug-likeness (QED) is 0.132. The number of aliphatic hydroxyl groups excluding tert-OH is 2. The van der Waals surface area contributed by atoms with Crippen molar-refractivity contribution in [2.75, 3.05) is 13.2 Å². The zero-order valence-corrected chi connectivity index (χ0v) is 18.8. The number of hydrogen-bond acceptors (Lipinski definition) is 9. The largest absolute Gasteiger partial charge is 1.00 e. The third-order valence-electron chi connectivity index (χ3n) is 3.46. The number of nitro groups is 2. The van der Waals surface area contributed by atoms with Gasteiger partial charge in [0.05, 0.1) is 23.1 Å². The molecular formula is C18H19BN2NaO9. The Morgan fingerprint density at radius 1 is 1.00 bits per heavy atom. The van der Waals surface area contributed by atoms with Crippen molar-refractivity contribution in [2.24, 2.45) is 0 Å². The van der Waals surface area contributed by atoms with Gasteiger partial charge >= 0.3 is 35.5 Å². The number of ketones is 1.